The molecule has 0 spiro atoms. The van der Waals surface area contributed by atoms with Crippen molar-refractivity contribution in [3.8, 4) is 5.75 Å². The number of aromatic nitrogens is 1. The molecule has 1 saturated carbocycles. The molecule has 3 N–H and O–H groups in total. The summed E-state index contributed by atoms with van der Waals surface area (Å²) in [6, 6.07) is 13.4. The number of amides is 3. The Morgan fingerprint density at radius 1 is 1.00 bits per heavy atom. The summed E-state index contributed by atoms with van der Waals surface area (Å²) in [5.41, 5.74) is 4.70. The molecule has 196 valence electrons. The molecule has 2 atom stereocenters. The average molecular weight is 521 g/mol. The summed E-state index contributed by atoms with van der Waals surface area (Å²) in [6.07, 6.45) is 3.65. The molecule has 4 rings (SSSR count). The van der Waals surface area contributed by atoms with Crippen molar-refractivity contribution in [2.45, 2.75) is 78.0 Å². The zero-order valence-electron chi connectivity index (χ0n) is 22.0. The number of carbonyl (C=O) groups excluding carboxylic acids is 2. The van der Waals surface area contributed by atoms with Gasteiger partial charge in [0.05, 0.1) is 6.04 Å². The maximum absolute atomic E-state index is 13.0. The first-order chi connectivity index (χ1) is 17.8. The Labute approximate surface area is 223 Å². The predicted molar refractivity (Wildman–Crippen MR) is 149 cm³/mol. The number of hydrogen-bond donors (Lipinski definition) is 3. The Bertz CT molecular complexity index is 1220. The summed E-state index contributed by atoms with van der Waals surface area (Å²) in [4.78, 5) is 30.1. The van der Waals surface area contributed by atoms with Crippen LogP contribution in [-0.2, 0) is 6.61 Å². The Morgan fingerprint density at radius 3 is 2.38 bits per heavy atom. The number of aryl methyl sites for hydroxylation is 2. The molecule has 1 aliphatic rings. The van der Waals surface area contributed by atoms with Crippen molar-refractivity contribution in [3.63, 3.8) is 0 Å². The molecule has 2 aromatic carbocycles. The molecule has 1 aliphatic carbocycles. The lowest BCUT2D eigenvalue weighted by Crippen LogP contribution is -2.54. The minimum Gasteiger partial charge on any atom is -0.486 e. The lowest BCUT2D eigenvalue weighted by Gasteiger charge is -2.32. The number of hydrogen-bond acceptors (Lipinski definition) is 5. The third-order valence-electron chi connectivity index (χ3n) is 6.86. The standard InChI is InChI=1S/C29H36N4O3S/c1-18(2)21-10-13-23(14-11-21)36-16-27-31-26(17-37-27)28(34)32-24-7-5-6-8-25(24)33-29(35)30-22-12-9-19(3)20(4)15-22/h9-15,17-18,24-25H,5-8,16H2,1-4H3,(H,32,34)(H2,30,33,35)/t24-,25+/m0/s1. The molecule has 3 amide bonds. The fourth-order valence-electron chi connectivity index (χ4n) is 4.45. The number of benzene rings is 2. The molecular formula is C29H36N4O3S. The topological polar surface area (TPSA) is 92.4 Å². The molecular weight excluding hydrogens is 484 g/mol. The SMILES string of the molecule is Cc1ccc(NC(=O)N[C@@H]2CCCC[C@@H]2NC(=O)c2csc(COc3ccc(C(C)C)cc3)n2)cc1C. The monoisotopic (exact) mass is 520 g/mol. The van der Waals surface area contributed by atoms with Gasteiger partial charge in [-0.2, -0.15) is 0 Å². The fraction of sp³-hybridized carbons (Fsp3) is 0.414. The molecule has 0 bridgehead atoms. The predicted octanol–water partition coefficient (Wildman–Crippen LogP) is 6.33. The van der Waals surface area contributed by atoms with E-state index in [0.29, 0.717) is 18.2 Å². The van der Waals surface area contributed by atoms with Crippen LogP contribution in [0.25, 0.3) is 0 Å². The third-order valence-corrected chi connectivity index (χ3v) is 7.68. The van der Waals surface area contributed by atoms with Crippen molar-refractivity contribution in [1.82, 2.24) is 15.6 Å². The van der Waals surface area contributed by atoms with E-state index >= 15 is 0 Å². The summed E-state index contributed by atoms with van der Waals surface area (Å²) in [6.45, 7) is 8.68. The van der Waals surface area contributed by atoms with Gasteiger partial charge in [0, 0.05) is 17.1 Å². The van der Waals surface area contributed by atoms with E-state index in [1.807, 2.05) is 44.2 Å². The summed E-state index contributed by atoms with van der Waals surface area (Å²) in [5, 5.41) is 11.6. The van der Waals surface area contributed by atoms with E-state index in [4.69, 9.17) is 4.74 Å². The molecule has 0 aliphatic heterocycles. The highest BCUT2D eigenvalue weighted by Crippen LogP contribution is 2.22. The van der Waals surface area contributed by atoms with E-state index in [1.165, 1.54) is 22.5 Å². The lowest BCUT2D eigenvalue weighted by molar-refractivity contribution is 0.0911. The second-order valence-corrected chi connectivity index (χ2v) is 10.9. The molecule has 7 nitrogen and oxygen atoms in total. The van der Waals surface area contributed by atoms with Crippen LogP contribution < -0.4 is 20.7 Å². The molecule has 8 heteroatoms. The Kier molecular flexibility index (Phi) is 8.82. The fourth-order valence-corrected chi connectivity index (χ4v) is 5.13. The summed E-state index contributed by atoms with van der Waals surface area (Å²) < 4.78 is 5.86. The van der Waals surface area contributed by atoms with Crippen LogP contribution in [0.15, 0.2) is 47.8 Å². The van der Waals surface area contributed by atoms with E-state index in [1.54, 1.807) is 5.38 Å². The quantitative estimate of drug-likeness (QED) is 0.324. The van der Waals surface area contributed by atoms with Crippen molar-refractivity contribution < 1.29 is 14.3 Å². The van der Waals surface area contributed by atoms with Crippen LogP contribution in [0.4, 0.5) is 10.5 Å². The molecule has 1 aromatic heterocycles. The number of thiazole rings is 1. The summed E-state index contributed by atoms with van der Waals surface area (Å²) in [7, 11) is 0. The van der Waals surface area contributed by atoms with Gasteiger partial charge >= 0.3 is 6.03 Å². The van der Waals surface area contributed by atoms with Gasteiger partial charge in [-0.1, -0.05) is 44.9 Å². The molecule has 0 unspecified atom stereocenters. The second kappa shape index (κ2) is 12.2. The van der Waals surface area contributed by atoms with Gasteiger partial charge in [-0.15, -0.1) is 11.3 Å². The first-order valence-corrected chi connectivity index (χ1v) is 13.8. The van der Waals surface area contributed by atoms with E-state index in [0.717, 1.165) is 47.7 Å². The number of carbonyl (C=O) groups is 2. The van der Waals surface area contributed by atoms with Crippen LogP contribution in [0, 0.1) is 13.8 Å². The van der Waals surface area contributed by atoms with Crippen LogP contribution in [0.3, 0.4) is 0 Å². The van der Waals surface area contributed by atoms with Gasteiger partial charge in [-0.05, 0) is 73.6 Å². The maximum Gasteiger partial charge on any atom is 0.319 e. The minimum atomic E-state index is -0.260. The first-order valence-electron chi connectivity index (χ1n) is 12.9. The molecule has 1 heterocycles. The molecule has 0 radical (unpaired) electrons. The largest absolute Gasteiger partial charge is 0.486 e. The molecule has 0 saturated heterocycles. The van der Waals surface area contributed by atoms with Crippen LogP contribution in [0.1, 0.15) is 77.6 Å². The van der Waals surface area contributed by atoms with Crippen molar-refractivity contribution in [3.05, 3.63) is 75.2 Å². The number of nitrogens with one attached hydrogen (secondary N) is 3. The van der Waals surface area contributed by atoms with Gasteiger partial charge in [0.15, 0.2) is 0 Å². The molecule has 37 heavy (non-hydrogen) atoms. The van der Waals surface area contributed by atoms with Crippen LogP contribution >= 0.6 is 11.3 Å². The maximum atomic E-state index is 13.0. The van der Waals surface area contributed by atoms with E-state index in [2.05, 4.69) is 46.9 Å². The number of ether oxygens (including phenoxy) is 1. The highest BCUT2D eigenvalue weighted by Gasteiger charge is 2.28. The zero-order chi connectivity index (χ0) is 26.4. The third kappa shape index (κ3) is 7.32. The van der Waals surface area contributed by atoms with Gasteiger partial charge in [-0.3, -0.25) is 4.79 Å². The Hall–Kier alpha value is -3.39. The Morgan fingerprint density at radius 2 is 1.70 bits per heavy atom. The lowest BCUT2D eigenvalue weighted by atomic mass is 9.90. The van der Waals surface area contributed by atoms with Gasteiger partial charge in [-0.25, -0.2) is 9.78 Å². The molecule has 3 aromatic rings. The number of urea groups is 1. The smallest absolute Gasteiger partial charge is 0.319 e. The molecule has 1 fully saturated rings. The number of nitrogens with zero attached hydrogens (tertiary/aromatic N) is 1. The average Bonchev–Trinajstić information content (AvgIpc) is 3.36. The van der Waals surface area contributed by atoms with Gasteiger partial charge < -0.3 is 20.7 Å². The Balaban J connectivity index is 1.30. The van der Waals surface area contributed by atoms with E-state index in [-0.39, 0.29) is 24.0 Å². The normalized spacial score (nSPS) is 17.3. The first kappa shape index (κ1) is 26.7. The van der Waals surface area contributed by atoms with E-state index in [9.17, 15) is 9.59 Å². The summed E-state index contributed by atoms with van der Waals surface area (Å²) >= 11 is 1.41. The van der Waals surface area contributed by atoms with Crippen molar-refractivity contribution in [2.75, 3.05) is 5.32 Å². The number of rotatable bonds is 8. The van der Waals surface area contributed by atoms with Crippen molar-refractivity contribution in [1.29, 1.82) is 0 Å². The van der Waals surface area contributed by atoms with Crippen LogP contribution in [0.5, 0.6) is 5.75 Å². The van der Waals surface area contributed by atoms with Crippen LogP contribution in [0.2, 0.25) is 0 Å². The second-order valence-electron chi connectivity index (χ2n) is 10.0. The highest BCUT2D eigenvalue weighted by molar-refractivity contribution is 7.09. The minimum absolute atomic E-state index is 0.139. The summed E-state index contributed by atoms with van der Waals surface area (Å²) in [5.74, 6) is 1.03. The number of anilines is 1. The zero-order valence-corrected chi connectivity index (χ0v) is 22.8. The van der Waals surface area contributed by atoms with Gasteiger partial charge in [0.25, 0.3) is 5.91 Å². The van der Waals surface area contributed by atoms with E-state index < -0.39 is 0 Å². The van der Waals surface area contributed by atoms with Crippen molar-refractivity contribution in [2.24, 2.45) is 0 Å². The van der Waals surface area contributed by atoms with Gasteiger partial charge in [0.2, 0.25) is 0 Å². The van der Waals surface area contributed by atoms with Gasteiger partial charge in [0.1, 0.15) is 23.1 Å². The van der Waals surface area contributed by atoms with Crippen LogP contribution in [-0.4, -0.2) is 29.0 Å². The highest BCUT2D eigenvalue weighted by atomic mass is 32.1. The van der Waals surface area contributed by atoms with Crippen molar-refractivity contribution >= 4 is 29.0 Å².